The van der Waals surface area contributed by atoms with E-state index >= 15 is 0 Å². The SMILES string of the molecule is CCn1nccc1S(=O)(=O)N[C@@H](c1nccn1C)C(C)C. The molecule has 0 amide bonds. The van der Waals surface area contributed by atoms with Crippen LogP contribution < -0.4 is 4.72 Å². The molecule has 1 N–H and O–H groups in total. The lowest BCUT2D eigenvalue weighted by molar-refractivity contribution is 0.431. The van der Waals surface area contributed by atoms with Crippen LogP contribution in [0.5, 0.6) is 0 Å². The van der Waals surface area contributed by atoms with E-state index < -0.39 is 16.1 Å². The molecule has 0 aliphatic rings. The predicted molar refractivity (Wildman–Crippen MR) is 79.0 cm³/mol. The molecule has 0 bridgehead atoms. The first-order valence-corrected chi connectivity index (χ1v) is 8.36. The molecule has 7 nitrogen and oxygen atoms in total. The van der Waals surface area contributed by atoms with Gasteiger partial charge in [0, 0.05) is 26.0 Å². The minimum Gasteiger partial charge on any atom is -0.337 e. The molecule has 0 fully saturated rings. The zero-order chi connectivity index (χ0) is 15.6. The van der Waals surface area contributed by atoms with Crippen LogP contribution in [0.2, 0.25) is 0 Å². The number of aryl methyl sites for hydroxylation is 2. The van der Waals surface area contributed by atoms with E-state index in [0.29, 0.717) is 12.4 Å². The second-order valence-electron chi connectivity index (χ2n) is 5.22. The van der Waals surface area contributed by atoms with Gasteiger partial charge in [0.25, 0.3) is 10.0 Å². The van der Waals surface area contributed by atoms with Gasteiger partial charge in [-0.1, -0.05) is 13.8 Å². The molecule has 8 heteroatoms. The molecular weight excluding hydrogens is 290 g/mol. The van der Waals surface area contributed by atoms with Crippen molar-refractivity contribution < 1.29 is 8.42 Å². The van der Waals surface area contributed by atoms with Gasteiger partial charge in [-0.2, -0.15) is 9.82 Å². The minimum absolute atomic E-state index is 0.0684. The Morgan fingerprint density at radius 3 is 2.57 bits per heavy atom. The van der Waals surface area contributed by atoms with Crippen LogP contribution in [0.4, 0.5) is 0 Å². The molecule has 21 heavy (non-hydrogen) atoms. The van der Waals surface area contributed by atoms with Crippen LogP contribution in [-0.4, -0.2) is 27.7 Å². The van der Waals surface area contributed by atoms with Gasteiger partial charge in [-0.15, -0.1) is 0 Å². The first-order chi connectivity index (χ1) is 9.86. The molecule has 0 aliphatic carbocycles. The molecule has 0 aromatic carbocycles. The molecule has 116 valence electrons. The Morgan fingerprint density at radius 2 is 2.05 bits per heavy atom. The van der Waals surface area contributed by atoms with Crippen molar-refractivity contribution in [2.45, 2.75) is 38.4 Å². The van der Waals surface area contributed by atoms with Crippen molar-refractivity contribution in [2.75, 3.05) is 0 Å². The summed E-state index contributed by atoms with van der Waals surface area (Å²) >= 11 is 0. The second kappa shape index (κ2) is 5.98. The third-order valence-electron chi connectivity index (χ3n) is 3.34. The molecule has 0 saturated carbocycles. The highest BCUT2D eigenvalue weighted by molar-refractivity contribution is 7.89. The number of aromatic nitrogens is 4. The quantitative estimate of drug-likeness (QED) is 0.872. The third-order valence-corrected chi connectivity index (χ3v) is 4.80. The van der Waals surface area contributed by atoms with E-state index in [4.69, 9.17) is 0 Å². The maximum absolute atomic E-state index is 12.6. The smallest absolute Gasteiger partial charge is 0.258 e. The van der Waals surface area contributed by atoms with Crippen molar-refractivity contribution in [3.8, 4) is 0 Å². The Hall–Kier alpha value is -1.67. The molecule has 1 atom stereocenters. The van der Waals surface area contributed by atoms with Crippen molar-refractivity contribution >= 4 is 10.0 Å². The highest BCUT2D eigenvalue weighted by Gasteiger charge is 2.28. The van der Waals surface area contributed by atoms with Gasteiger partial charge in [0.2, 0.25) is 0 Å². The molecule has 0 spiro atoms. The van der Waals surface area contributed by atoms with Gasteiger partial charge in [-0.3, -0.25) is 4.68 Å². The zero-order valence-corrected chi connectivity index (χ0v) is 13.5. The standard InChI is InChI=1S/C13H21N5O2S/c1-5-18-11(6-7-15-18)21(19,20)16-12(10(2)3)13-14-8-9-17(13)4/h6-10,12,16H,5H2,1-4H3/t12-/m1/s1. The average molecular weight is 311 g/mol. The van der Waals surface area contributed by atoms with Crippen LogP contribution in [-0.2, 0) is 23.6 Å². The van der Waals surface area contributed by atoms with E-state index in [1.807, 2.05) is 32.4 Å². The lowest BCUT2D eigenvalue weighted by Gasteiger charge is -2.22. The number of sulfonamides is 1. The Bertz CT molecular complexity index is 702. The normalized spacial score (nSPS) is 13.8. The van der Waals surface area contributed by atoms with Gasteiger partial charge in [0.05, 0.1) is 12.2 Å². The monoisotopic (exact) mass is 311 g/mol. The van der Waals surface area contributed by atoms with Crippen LogP contribution in [0.1, 0.15) is 32.6 Å². The molecule has 2 heterocycles. The van der Waals surface area contributed by atoms with Gasteiger partial charge in [-0.25, -0.2) is 13.4 Å². The highest BCUT2D eigenvalue weighted by atomic mass is 32.2. The predicted octanol–water partition coefficient (Wildman–Crippen LogP) is 1.31. The molecule has 0 unspecified atom stereocenters. The van der Waals surface area contributed by atoms with Crippen LogP contribution in [0.3, 0.4) is 0 Å². The van der Waals surface area contributed by atoms with Crippen molar-refractivity contribution in [3.63, 3.8) is 0 Å². The summed E-state index contributed by atoms with van der Waals surface area (Å²) in [5.41, 5.74) is 0. The molecule has 0 aliphatic heterocycles. The maximum atomic E-state index is 12.6. The summed E-state index contributed by atoms with van der Waals surface area (Å²) in [6.45, 7) is 6.26. The van der Waals surface area contributed by atoms with Crippen LogP contribution >= 0.6 is 0 Å². The topological polar surface area (TPSA) is 81.8 Å². The number of nitrogens with zero attached hydrogens (tertiary/aromatic N) is 4. The molecule has 0 radical (unpaired) electrons. The number of hydrogen-bond acceptors (Lipinski definition) is 4. The summed E-state index contributed by atoms with van der Waals surface area (Å²) in [7, 11) is -1.80. The summed E-state index contributed by atoms with van der Waals surface area (Å²) in [6.07, 6.45) is 4.95. The Kier molecular flexibility index (Phi) is 4.48. The Balaban J connectivity index is 2.35. The van der Waals surface area contributed by atoms with Gasteiger partial charge in [0.1, 0.15) is 5.82 Å². The number of rotatable bonds is 6. The summed E-state index contributed by atoms with van der Waals surface area (Å²) in [5, 5.41) is 4.18. The molecule has 0 saturated heterocycles. The van der Waals surface area contributed by atoms with E-state index in [0.717, 1.165) is 0 Å². The van der Waals surface area contributed by atoms with E-state index in [1.165, 1.54) is 16.9 Å². The second-order valence-corrected chi connectivity index (χ2v) is 6.89. The highest BCUT2D eigenvalue weighted by Crippen LogP contribution is 2.22. The number of hydrogen-bond donors (Lipinski definition) is 1. The Morgan fingerprint density at radius 1 is 1.33 bits per heavy atom. The molecule has 2 aromatic heterocycles. The fraction of sp³-hybridized carbons (Fsp3) is 0.538. The fourth-order valence-electron chi connectivity index (χ4n) is 2.18. The first-order valence-electron chi connectivity index (χ1n) is 6.88. The van der Waals surface area contributed by atoms with Crippen LogP contribution in [0.25, 0.3) is 0 Å². The Labute approximate surface area is 125 Å². The summed E-state index contributed by atoms with van der Waals surface area (Å²) < 4.78 is 31.2. The lowest BCUT2D eigenvalue weighted by atomic mass is 10.1. The molecule has 2 aromatic rings. The summed E-state index contributed by atoms with van der Waals surface area (Å²) in [4.78, 5) is 4.26. The van der Waals surface area contributed by atoms with Crippen LogP contribution in [0, 0.1) is 5.92 Å². The van der Waals surface area contributed by atoms with Gasteiger partial charge < -0.3 is 4.57 Å². The molecule has 2 rings (SSSR count). The van der Waals surface area contributed by atoms with Gasteiger partial charge >= 0.3 is 0 Å². The van der Waals surface area contributed by atoms with Crippen molar-refractivity contribution in [3.05, 3.63) is 30.5 Å². The fourth-order valence-corrected chi connectivity index (χ4v) is 3.70. The zero-order valence-electron chi connectivity index (χ0n) is 12.7. The largest absolute Gasteiger partial charge is 0.337 e. The van der Waals surface area contributed by atoms with Crippen molar-refractivity contribution in [2.24, 2.45) is 13.0 Å². The minimum atomic E-state index is -3.65. The summed E-state index contributed by atoms with van der Waals surface area (Å²) in [5.74, 6) is 0.759. The van der Waals surface area contributed by atoms with Crippen molar-refractivity contribution in [1.82, 2.24) is 24.1 Å². The first kappa shape index (κ1) is 15.7. The summed E-state index contributed by atoms with van der Waals surface area (Å²) in [6, 6.07) is 1.11. The van der Waals surface area contributed by atoms with Crippen molar-refractivity contribution in [1.29, 1.82) is 0 Å². The third kappa shape index (κ3) is 3.16. The van der Waals surface area contributed by atoms with Gasteiger partial charge in [-0.05, 0) is 18.9 Å². The van der Waals surface area contributed by atoms with E-state index in [2.05, 4.69) is 14.8 Å². The molecular formula is C13H21N5O2S. The maximum Gasteiger partial charge on any atom is 0.258 e. The van der Waals surface area contributed by atoms with E-state index in [-0.39, 0.29) is 10.9 Å². The van der Waals surface area contributed by atoms with E-state index in [1.54, 1.807) is 12.4 Å². The lowest BCUT2D eigenvalue weighted by Crippen LogP contribution is -2.34. The number of imidazole rings is 1. The number of nitrogens with one attached hydrogen (secondary N) is 1. The van der Waals surface area contributed by atoms with E-state index in [9.17, 15) is 8.42 Å². The average Bonchev–Trinajstić information content (AvgIpc) is 3.04. The van der Waals surface area contributed by atoms with Gasteiger partial charge in [0.15, 0.2) is 5.03 Å². The van der Waals surface area contributed by atoms with Crippen LogP contribution in [0.15, 0.2) is 29.7 Å².